The first-order valence-electron chi connectivity index (χ1n) is 7.80. The summed E-state index contributed by atoms with van der Waals surface area (Å²) in [5.41, 5.74) is 3.01. The summed E-state index contributed by atoms with van der Waals surface area (Å²) in [5, 5.41) is 5.85. The highest BCUT2D eigenvalue weighted by Crippen LogP contribution is 2.25. The third-order valence-electron chi connectivity index (χ3n) is 3.70. The van der Waals surface area contributed by atoms with E-state index in [0.29, 0.717) is 5.69 Å². The number of aromatic amines is 2. The van der Waals surface area contributed by atoms with E-state index in [0.717, 1.165) is 22.3 Å². The van der Waals surface area contributed by atoms with Gasteiger partial charge in [0.05, 0.1) is 17.6 Å². The fourth-order valence-corrected chi connectivity index (χ4v) is 3.26. The summed E-state index contributed by atoms with van der Waals surface area (Å²) in [5.74, 6) is -0.707. The van der Waals surface area contributed by atoms with E-state index >= 15 is 0 Å². The second-order valence-corrected chi connectivity index (χ2v) is 6.34. The standard InChI is InChI=1S/C17H12N6O3S/c24-13-8-11(19-16(26)20-13)15(25)22-18-9-12-14(10-4-2-1-3-5-10)21-17-23(12)6-7-27-17/h1-9H,(H,22,25)(H2,19,20,24,26). The first kappa shape index (κ1) is 16.7. The molecule has 3 N–H and O–H groups in total. The Hall–Kier alpha value is -3.79. The van der Waals surface area contributed by atoms with Crippen LogP contribution in [-0.4, -0.2) is 31.5 Å². The minimum Gasteiger partial charge on any atom is -0.303 e. The van der Waals surface area contributed by atoms with Crippen molar-refractivity contribution in [2.24, 2.45) is 5.10 Å². The molecule has 0 saturated heterocycles. The topological polar surface area (TPSA) is 124 Å². The SMILES string of the molecule is O=C(NN=Cc1c(-c2ccccc2)nc2sccn12)c1cc(=O)[nH]c(=O)[nH]1. The van der Waals surface area contributed by atoms with Crippen LogP contribution in [0.15, 0.2) is 62.7 Å². The Kier molecular flexibility index (Phi) is 4.22. The van der Waals surface area contributed by atoms with Gasteiger partial charge in [-0.3, -0.25) is 19.0 Å². The number of carbonyl (C=O) groups excluding carboxylic acids is 1. The highest BCUT2D eigenvalue weighted by atomic mass is 32.1. The lowest BCUT2D eigenvalue weighted by molar-refractivity contribution is 0.0949. The molecular weight excluding hydrogens is 368 g/mol. The van der Waals surface area contributed by atoms with Gasteiger partial charge >= 0.3 is 5.69 Å². The fourth-order valence-electron chi connectivity index (χ4n) is 2.54. The summed E-state index contributed by atoms with van der Waals surface area (Å²) in [7, 11) is 0. The van der Waals surface area contributed by atoms with Crippen molar-refractivity contribution in [1.29, 1.82) is 0 Å². The van der Waals surface area contributed by atoms with E-state index in [9.17, 15) is 14.4 Å². The maximum absolute atomic E-state index is 12.1. The second-order valence-electron chi connectivity index (χ2n) is 5.47. The number of thiazole rings is 1. The van der Waals surface area contributed by atoms with Crippen LogP contribution in [0.5, 0.6) is 0 Å². The Labute approximate surface area is 155 Å². The van der Waals surface area contributed by atoms with Gasteiger partial charge in [-0.15, -0.1) is 11.3 Å². The molecule has 0 saturated carbocycles. The number of rotatable bonds is 4. The lowest BCUT2D eigenvalue weighted by atomic mass is 10.1. The maximum atomic E-state index is 12.1. The monoisotopic (exact) mass is 380 g/mol. The van der Waals surface area contributed by atoms with Gasteiger partial charge in [0, 0.05) is 23.2 Å². The summed E-state index contributed by atoms with van der Waals surface area (Å²) in [4.78, 5) is 44.3. The fraction of sp³-hybridized carbons (Fsp3) is 0. The predicted octanol–water partition coefficient (Wildman–Crippen LogP) is 1.20. The van der Waals surface area contributed by atoms with Gasteiger partial charge in [-0.25, -0.2) is 15.2 Å². The van der Waals surface area contributed by atoms with E-state index < -0.39 is 17.2 Å². The van der Waals surface area contributed by atoms with Gasteiger partial charge < -0.3 is 4.98 Å². The Morgan fingerprint density at radius 3 is 2.81 bits per heavy atom. The third kappa shape index (κ3) is 3.33. The molecule has 1 amide bonds. The predicted molar refractivity (Wildman–Crippen MR) is 101 cm³/mol. The highest BCUT2D eigenvalue weighted by molar-refractivity contribution is 7.15. The minimum absolute atomic E-state index is 0.182. The summed E-state index contributed by atoms with van der Waals surface area (Å²) in [6, 6.07) is 10.6. The van der Waals surface area contributed by atoms with Crippen molar-refractivity contribution < 1.29 is 4.79 Å². The highest BCUT2D eigenvalue weighted by Gasteiger charge is 2.13. The van der Waals surface area contributed by atoms with E-state index in [1.54, 1.807) is 0 Å². The van der Waals surface area contributed by atoms with Crippen LogP contribution in [-0.2, 0) is 0 Å². The molecule has 0 radical (unpaired) electrons. The van der Waals surface area contributed by atoms with Crippen LogP contribution in [0.25, 0.3) is 16.2 Å². The molecule has 0 atom stereocenters. The summed E-state index contributed by atoms with van der Waals surface area (Å²) < 4.78 is 1.86. The molecule has 0 aliphatic heterocycles. The normalized spacial score (nSPS) is 11.3. The van der Waals surface area contributed by atoms with Crippen LogP contribution < -0.4 is 16.7 Å². The number of fused-ring (bicyclic) bond motifs is 1. The summed E-state index contributed by atoms with van der Waals surface area (Å²) in [6.07, 6.45) is 3.33. The number of benzene rings is 1. The molecular formula is C17H12N6O3S. The molecule has 0 aliphatic carbocycles. The number of carbonyl (C=O) groups is 1. The van der Waals surface area contributed by atoms with Crippen molar-refractivity contribution >= 4 is 28.4 Å². The number of hydrogen-bond donors (Lipinski definition) is 3. The van der Waals surface area contributed by atoms with Crippen molar-refractivity contribution in [1.82, 2.24) is 24.8 Å². The van der Waals surface area contributed by atoms with Gasteiger partial charge in [0.2, 0.25) is 0 Å². The van der Waals surface area contributed by atoms with Crippen LogP contribution in [0.2, 0.25) is 0 Å². The molecule has 0 bridgehead atoms. The van der Waals surface area contributed by atoms with E-state index in [-0.39, 0.29) is 5.69 Å². The van der Waals surface area contributed by atoms with Gasteiger partial charge in [-0.2, -0.15) is 5.10 Å². The van der Waals surface area contributed by atoms with Crippen LogP contribution in [0.4, 0.5) is 0 Å². The van der Waals surface area contributed by atoms with Gasteiger partial charge in [-0.05, 0) is 0 Å². The zero-order valence-electron chi connectivity index (χ0n) is 13.7. The second kappa shape index (κ2) is 6.84. The van der Waals surface area contributed by atoms with Crippen molar-refractivity contribution in [3.63, 3.8) is 0 Å². The zero-order chi connectivity index (χ0) is 18.8. The lowest BCUT2D eigenvalue weighted by Crippen LogP contribution is -2.28. The summed E-state index contributed by atoms with van der Waals surface area (Å²) >= 11 is 1.48. The number of nitrogens with zero attached hydrogens (tertiary/aromatic N) is 3. The van der Waals surface area contributed by atoms with Crippen molar-refractivity contribution in [3.8, 4) is 11.3 Å². The largest absolute Gasteiger partial charge is 0.326 e. The number of aromatic nitrogens is 4. The molecule has 0 fully saturated rings. The maximum Gasteiger partial charge on any atom is 0.326 e. The van der Waals surface area contributed by atoms with E-state index in [4.69, 9.17) is 0 Å². The Morgan fingerprint density at radius 2 is 2.04 bits per heavy atom. The first-order chi connectivity index (χ1) is 13.1. The number of imidazole rings is 1. The average Bonchev–Trinajstić information content (AvgIpc) is 3.24. The molecule has 27 heavy (non-hydrogen) atoms. The number of hydrazone groups is 1. The lowest BCUT2D eigenvalue weighted by Gasteiger charge is -2.01. The van der Waals surface area contributed by atoms with Crippen LogP contribution in [0, 0.1) is 0 Å². The first-order valence-corrected chi connectivity index (χ1v) is 8.68. The molecule has 0 unspecified atom stereocenters. The van der Waals surface area contributed by atoms with Gasteiger partial charge in [0.15, 0.2) is 4.96 Å². The van der Waals surface area contributed by atoms with Crippen molar-refractivity contribution in [2.75, 3.05) is 0 Å². The van der Waals surface area contributed by atoms with Gasteiger partial charge in [0.25, 0.3) is 11.5 Å². The molecule has 9 nitrogen and oxygen atoms in total. The van der Waals surface area contributed by atoms with E-state index in [1.807, 2.05) is 51.3 Å². The molecule has 3 heterocycles. The Morgan fingerprint density at radius 1 is 1.22 bits per heavy atom. The van der Waals surface area contributed by atoms with Crippen LogP contribution >= 0.6 is 11.3 Å². The number of amides is 1. The zero-order valence-corrected chi connectivity index (χ0v) is 14.5. The van der Waals surface area contributed by atoms with Gasteiger partial charge in [0.1, 0.15) is 5.69 Å². The molecule has 1 aromatic carbocycles. The molecule has 3 aromatic heterocycles. The number of nitrogens with one attached hydrogen (secondary N) is 3. The van der Waals surface area contributed by atoms with Crippen molar-refractivity contribution in [3.05, 3.63) is 80.2 Å². The molecule has 10 heteroatoms. The molecule has 4 aromatic rings. The van der Waals surface area contributed by atoms with Gasteiger partial charge in [-0.1, -0.05) is 30.3 Å². The molecule has 0 spiro atoms. The average molecular weight is 380 g/mol. The van der Waals surface area contributed by atoms with Crippen LogP contribution in [0.1, 0.15) is 16.2 Å². The van der Waals surface area contributed by atoms with Crippen molar-refractivity contribution in [2.45, 2.75) is 0 Å². The molecule has 134 valence electrons. The van der Waals surface area contributed by atoms with Crippen LogP contribution in [0.3, 0.4) is 0 Å². The molecule has 0 aliphatic rings. The Bertz CT molecular complexity index is 1240. The number of hydrogen-bond acceptors (Lipinski definition) is 6. The van der Waals surface area contributed by atoms with E-state index in [2.05, 4.69) is 20.5 Å². The third-order valence-corrected chi connectivity index (χ3v) is 4.46. The Balaban J connectivity index is 1.65. The smallest absolute Gasteiger partial charge is 0.303 e. The quantitative estimate of drug-likeness (QED) is 0.363. The van der Waals surface area contributed by atoms with E-state index in [1.165, 1.54) is 17.6 Å². The minimum atomic E-state index is -0.765. The molecule has 4 rings (SSSR count). The number of H-pyrrole nitrogens is 2. The summed E-state index contributed by atoms with van der Waals surface area (Å²) in [6.45, 7) is 0.